The van der Waals surface area contributed by atoms with Gasteiger partial charge in [0.15, 0.2) is 8.32 Å². The lowest BCUT2D eigenvalue weighted by atomic mass is 10.2. The molecule has 2 aromatic rings. The topological polar surface area (TPSA) is 27.1 Å². The van der Waals surface area contributed by atoms with Crippen molar-refractivity contribution < 1.29 is 4.43 Å². The van der Waals surface area contributed by atoms with Gasteiger partial charge in [-0.2, -0.15) is 0 Å². The fraction of sp³-hybridized carbons (Fsp3) is 0.533. The molecule has 20 heavy (non-hydrogen) atoms. The number of hydrogen-bond donors (Lipinski definition) is 0. The molecular weight excluding hydrogens is 332 g/mol. The van der Waals surface area contributed by atoms with Gasteiger partial charge in [0.1, 0.15) is 10.3 Å². The average molecular weight is 355 g/mol. The SMILES string of the molecule is CC(C)(C)[Si](C)(C)OCCn1ccc2ccc(Br)nc21. The molecule has 2 aromatic heterocycles. The van der Waals surface area contributed by atoms with Crippen LogP contribution in [0.1, 0.15) is 20.8 Å². The van der Waals surface area contributed by atoms with Crippen molar-refractivity contribution in [1.82, 2.24) is 9.55 Å². The van der Waals surface area contributed by atoms with Gasteiger partial charge in [-0.25, -0.2) is 4.98 Å². The number of aromatic nitrogens is 2. The first-order chi connectivity index (χ1) is 9.21. The number of hydrogen-bond acceptors (Lipinski definition) is 2. The molecule has 3 nitrogen and oxygen atoms in total. The van der Waals surface area contributed by atoms with E-state index in [2.05, 4.69) is 77.7 Å². The molecule has 0 saturated carbocycles. The molecule has 0 fully saturated rings. The summed E-state index contributed by atoms with van der Waals surface area (Å²) in [5.41, 5.74) is 1.01. The van der Waals surface area contributed by atoms with Gasteiger partial charge in [0.25, 0.3) is 0 Å². The Morgan fingerprint density at radius 2 is 1.95 bits per heavy atom. The molecule has 0 spiro atoms. The van der Waals surface area contributed by atoms with Crippen LogP contribution in [0.4, 0.5) is 0 Å². The Bertz CT molecular complexity index is 601. The highest BCUT2D eigenvalue weighted by atomic mass is 79.9. The quantitative estimate of drug-likeness (QED) is 0.581. The molecule has 0 bridgehead atoms. The maximum absolute atomic E-state index is 6.22. The van der Waals surface area contributed by atoms with Crippen LogP contribution in [0.3, 0.4) is 0 Å². The van der Waals surface area contributed by atoms with Crippen LogP contribution in [0.2, 0.25) is 18.1 Å². The molecule has 0 aromatic carbocycles. The first-order valence-electron chi connectivity index (χ1n) is 6.96. The first-order valence-corrected chi connectivity index (χ1v) is 10.7. The fourth-order valence-corrected chi connectivity index (χ4v) is 3.17. The molecular formula is C15H23BrN2OSi. The number of halogens is 1. The van der Waals surface area contributed by atoms with Gasteiger partial charge >= 0.3 is 0 Å². The Morgan fingerprint density at radius 3 is 2.60 bits per heavy atom. The minimum Gasteiger partial charge on any atom is -0.415 e. The first kappa shape index (κ1) is 15.7. The predicted molar refractivity (Wildman–Crippen MR) is 90.6 cm³/mol. The van der Waals surface area contributed by atoms with Gasteiger partial charge in [-0.1, -0.05) is 20.8 Å². The van der Waals surface area contributed by atoms with E-state index in [0.29, 0.717) is 0 Å². The Balaban J connectivity index is 2.05. The largest absolute Gasteiger partial charge is 0.415 e. The molecule has 5 heteroatoms. The third kappa shape index (κ3) is 3.32. The summed E-state index contributed by atoms with van der Waals surface area (Å²) < 4.78 is 9.26. The molecule has 0 saturated heterocycles. The highest BCUT2D eigenvalue weighted by Gasteiger charge is 2.36. The summed E-state index contributed by atoms with van der Waals surface area (Å²) in [5, 5.41) is 1.42. The van der Waals surface area contributed by atoms with E-state index in [1.807, 2.05) is 6.07 Å². The third-order valence-corrected chi connectivity index (χ3v) is 9.16. The second kappa shape index (κ2) is 5.62. The Kier molecular flexibility index (Phi) is 4.42. The van der Waals surface area contributed by atoms with Crippen LogP contribution < -0.4 is 0 Å². The zero-order valence-corrected chi connectivity index (χ0v) is 15.5. The van der Waals surface area contributed by atoms with E-state index < -0.39 is 8.32 Å². The molecule has 0 aliphatic heterocycles. The third-order valence-electron chi connectivity index (χ3n) is 4.18. The molecule has 110 valence electrons. The van der Waals surface area contributed by atoms with Crippen molar-refractivity contribution in [1.29, 1.82) is 0 Å². The standard InChI is InChI=1S/C15H23BrN2OSi/c1-15(2,3)20(4,5)19-11-10-18-9-8-12-6-7-13(16)17-14(12)18/h6-9H,10-11H2,1-5H3. The van der Waals surface area contributed by atoms with Crippen molar-refractivity contribution in [2.24, 2.45) is 0 Å². The van der Waals surface area contributed by atoms with Crippen molar-refractivity contribution in [2.45, 2.75) is 45.4 Å². The molecule has 0 atom stereocenters. The number of pyridine rings is 1. The molecule has 0 N–H and O–H groups in total. The average Bonchev–Trinajstić information content (AvgIpc) is 2.70. The number of rotatable bonds is 4. The molecule has 0 unspecified atom stereocenters. The van der Waals surface area contributed by atoms with Crippen LogP contribution in [0, 0.1) is 0 Å². The minimum atomic E-state index is -1.66. The van der Waals surface area contributed by atoms with Crippen LogP contribution in [-0.2, 0) is 11.0 Å². The molecule has 2 heterocycles. The fourth-order valence-electron chi connectivity index (χ4n) is 1.83. The lowest BCUT2D eigenvalue weighted by molar-refractivity contribution is 0.273. The zero-order valence-electron chi connectivity index (χ0n) is 12.9. The van der Waals surface area contributed by atoms with Gasteiger partial charge in [0.2, 0.25) is 0 Å². The second-order valence-electron chi connectivity index (χ2n) is 6.66. The minimum absolute atomic E-state index is 0.257. The van der Waals surface area contributed by atoms with E-state index in [1.54, 1.807) is 0 Å². The molecule has 0 amide bonds. The predicted octanol–water partition coefficient (Wildman–Crippen LogP) is 4.82. The molecule has 0 radical (unpaired) electrons. The van der Waals surface area contributed by atoms with Crippen LogP contribution in [0.15, 0.2) is 29.0 Å². The number of nitrogens with zero attached hydrogens (tertiary/aromatic N) is 2. The summed E-state index contributed by atoms with van der Waals surface area (Å²) in [4.78, 5) is 4.53. The summed E-state index contributed by atoms with van der Waals surface area (Å²) in [7, 11) is -1.66. The summed E-state index contributed by atoms with van der Waals surface area (Å²) in [5.74, 6) is 0. The van der Waals surface area contributed by atoms with Gasteiger partial charge in [-0.3, -0.25) is 0 Å². The van der Waals surface area contributed by atoms with Crippen LogP contribution in [-0.4, -0.2) is 24.5 Å². The highest BCUT2D eigenvalue weighted by Crippen LogP contribution is 2.36. The summed E-state index contributed by atoms with van der Waals surface area (Å²) in [6.07, 6.45) is 2.08. The smallest absolute Gasteiger partial charge is 0.192 e. The lowest BCUT2D eigenvalue weighted by Crippen LogP contribution is -2.41. The summed E-state index contributed by atoms with van der Waals surface area (Å²) in [6.45, 7) is 13.0. The van der Waals surface area contributed by atoms with E-state index in [9.17, 15) is 0 Å². The van der Waals surface area contributed by atoms with Crippen molar-refractivity contribution in [2.75, 3.05) is 6.61 Å². The highest BCUT2D eigenvalue weighted by molar-refractivity contribution is 9.10. The summed E-state index contributed by atoms with van der Waals surface area (Å²) >= 11 is 3.43. The Hall–Kier alpha value is -0.653. The van der Waals surface area contributed by atoms with E-state index in [4.69, 9.17) is 4.43 Å². The van der Waals surface area contributed by atoms with Gasteiger partial charge in [-0.15, -0.1) is 0 Å². The van der Waals surface area contributed by atoms with Crippen molar-refractivity contribution in [3.05, 3.63) is 29.0 Å². The maximum Gasteiger partial charge on any atom is 0.192 e. The van der Waals surface area contributed by atoms with Crippen molar-refractivity contribution in [3.8, 4) is 0 Å². The van der Waals surface area contributed by atoms with E-state index in [0.717, 1.165) is 23.4 Å². The van der Waals surface area contributed by atoms with Crippen LogP contribution in [0.25, 0.3) is 11.0 Å². The van der Waals surface area contributed by atoms with E-state index in [-0.39, 0.29) is 5.04 Å². The summed E-state index contributed by atoms with van der Waals surface area (Å²) in [6, 6.07) is 6.15. The molecule has 0 aliphatic rings. The van der Waals surface area contributed by atoms with Gasteiger partial charge in [0, 0.05) is 18.1 Å². The van der Waals surface area contributed by atoms with E-state index >= 15 is 0 Å². The molecule has 2 rings (SSSR count). The monoisotopic (exact) mass is 354 g/mol. The van der Waals surface area contributed by atoms with Gasteiger partial charge < -0.3 is 8.99 Å². The Morgan fingerprint density at radius 1 is 1.25 bits per heavy atom. The van der Waals surface area contributed by atoms with E-state index in [1.165, 1.54) is 5.39 Å². The zero-order chi connectivity index (χ0) is 15.0. The Labute approximate surface area is 130 Å². The van der Waals surface area contributed by atoms with Crippen molar-refractivity contribution >= 4 is 35.3 Å². The number of fused-ring (bicyclic) bond motifs is 1. The normalized spacial score (nSPS) is 13.1. The van der Waals surface area contributed by atoms with Gasteiger partial charge in [0.05, 0.1) is 6.61 Å². The molecule has 0 aliphatic carbocycles. The maximum atomic E-state index is 6.22. The second-order valence-corrected chi connectivity index (χ2v) is 12.3. The van der Waals surface area contributed by atoms with Crippen LogP contribution in [0.5, 0.6) is 0 Å². The van der Waals surface area contributed by atoms with Crippen molar-refractivity contribution in [3.63, 3.8) is 0 Å². The van der Waals surface area contributed by atoms with Gasteiger partial charge in [-0.05, 0) is 52.3 Å². The van der Waals surface area contributed by atoms with Crippen LogP contribution >= 0.6 is 15.9 Å². The lowest BCUT2D eigenvalue weighted by Gasteiger charge is -2.36.